The first kappa shape index (κ1) is 35.7. The van der Waals surface area contributed by atoms with E-state index in [0.717, 1.165) is 42.5 Å². The lowest BCUT2D eigenvalue weighted by molar-refractivity contribution is -0.122. The smallest absolute Gasteiger partial charge is 0.335 e. The molecule has 0 aromatic heterocycles. The number of carbonyl (C=O) groups excluding carboxylic acids is 2. The standard InChI is InChI=1S/C35H37N3O9S2/c1-43-28-19-24(20-29(44-2)32(28)45-3)23-6-9-27(47-17-14-37-12-15-46-16-13-37)25(18-23)21-30-33(40)38(35(48)49-30)11-10-31(39)36-26-7-4-22(5-8-26)34(41)42/h4-9,18-21H,10-17H2,1-3H3,(H,36,39)(H,41,42). The van der Waals surface area contributed by atoms with Crippen molar-refractivity contribution in [3.63, 3.8) is 0 Å². The third-order valence-electron chi connectivity index (χ3n) is 7.91. The molecule has 0 aliphatic carbocycles. The van der Waals surface area contributed by atoms with Gasteiger partial charge in [-0.2, -0.15) is 0 Å². The molecule has 0 bridgehead atoms. The molecule has 0 saturated carbocycles. The van der Waals surface area contributed by atoms with Crippen molar-refractivity contribution < 1.29 is 43.2 Å². The molecule has 12 nitrogen and oxygen atoms in total. The number of hydrogen-bond donors (Lipinski definition) is 2. The second-order valence-electron chi connectivity index (χ2n) is 11.0. The van der Waals surface area contributed by atoms with Crippen molar-refractivity contribution in [3.8, 4) is 34.1 Å². The van der Waals surface area contributed by atoms with Crippen LogP contribution in [0.2, 0.25) is 0 Å². The average Bonchev–Trinajstić information content (AvgIpc) is 3.38. The third kappa shape index (κ3) is 8.89. The van der Waals surface area contributed by atoms with E-state index in [-0.39, 0.29) is 30.3 Å². The summed E-state index contributed by atoms with van der Waals surface area (Å²) in [6, 6.07) is 15.3. The van der Waals surface area contributed by atoms with Crippen LogP contribution in [0.1, 0.15) is 22.3 Å². The third-order valence-corrected chi connectivity index (χ3v) is 9.29. The van der Waals surface area contributed by atoms with Crippen molar-refractivity contribution >= 4 is 57.8 Å². The van der Waals surface area contributed by atoms with Crippen LogP contribution < -0.4 is 24.3 Å². The van der Waals surface area contributed by atoms with Crippen molar-refractivity contribution in [2.24, 2.45) is 0 Å². The summed E-state index contributed by atoms with van der Waals surface area (Å²) in [5, 5.41) is 11.8. The lowest BCUT2D eigenvalue weighted by Gasteiger charge is -2.26. The van der Waals surface area contributed by atoms with Crippen LogP contribution in [-0.2, 0) is 14.3 Å². The zero-order valence-electron chi connectivity index (χ0n) is 27.4. The molecule has 3 aromatic rings. The Hall–Kier alpha value is -4.63. The second kappa shape index (κ2) is 16.7. The number of thiocarbonyl (C=S) groups is 1. The fourth-order valence-electron chi connectivity index (χ4n) is 5.30. The molecule has 5 rings (SSSR count). The molecule has 0 radical (unpaired) electrons. The quantitative estimate of drug-likeness (QED) is 0.172. The number of ether oxygens (including phenoxy) is 5. The lowest BCUT2D eigenvalue weighted by Crippen LogP contribution is -2.38. The predicted octanol–water partition coefficient (Wildman–Crippen LogP) is 5.02. The molecule has 2 amide bonds. The Morgan fingerprint density at radius 3 is 2.27 bits per heavy atom. The Bertz CT molecular complexity index is 1720. The SMILES string of the molecule is COc1cc(-c2ccc(OCCN3CCOCC3)c(C=C3SC(=S)N(CCC(=O)Nc4ccc(C(=O)O)cc4)C3=O)c2)cc(OC)c1OC. The summed E-state index contributed by atoms with van der Waals surface area (Å²) in [7, 11) is 4.66. The molecule has 0 atom stereocenters. The van der Waals surface area contributed by atoms with Crippen molar-refractivity contribution in [1.82, 2.24) is 9.80 Å². The maximum atomic E-state index is 13.6. The largest absolute Gasteiger partial charge is 0.493 e. The highest BCUT2D eigenvalue weighted by atomic mass is 32.2. The Morgan fingerprint density at radius 2 is 1.63 bits per heavy atom. The van der Waals surface area contributed by atoms with Gasteiger partial charge in [0, 0.05) is 43.9 Å². The number of morpholine rings is 1. The molecular weight excluding hydrogens is 671 g/mol. The maximum absolute atomic E-state index is 13.6. The number of nitrogens with zero attached hydrogens (tertiary/aromatic N) is 2. The molecule has 14 heteroatoms. The van der Waals surface area contributed by atoms with Crippen molar-refractivity contribution in [3.05, 3.63) is 70.6 Å². The zero-order chi connectivity index (χ0) is 34.9. The van der Waals surface area contributed by atoms with Gasteiger partial charge in [-0.1, -0.05) is 30.0 Å². The number of carboxylic acid groups (broad SMARTS) is 1. The van der Waals surface area contributed by atoms with Crippen LogP contribution in [-0.4, -0.2) is 104 Å². The van der Waals surface area contributed by atoms with E-state index in [1.54, 1.807) is 27.4 Å². The first-order valence-corrected chi connectivity index (χ1v) is 16.7. The molecule has 2 saturated heterocycles. The van der Waals surface area contributed by atoms with Crippen LogP contribution >= 0.6 is 24.0 Å². The predicted molar refractivity (Wildman–Crippen MR) is 191 cm³/mol. The van der Waals surface area contributed by atoms with Gasteiger partial charge in [-0.3, -0.25) is 19.4 Å². The molecule has 2 heterocycles. The van der Waals surface area contributed by atoms with Crippen LogP contribution in [0.4, 0.5) is 5.69 Å². The van der Waals surface area contributed by atoms with E-state index in [1.165, 1.54) is 29.2 Å². The molecule has 2 aliphatic heterocycles. The molecule has 0 unspecified atom stereocenters. The molecule has 2 N–H and O–H groups in total. The van der Waals surface area contributed by atoms with Gasteiger partial charge in [0.2, 0.25) is 11.7 Å². The number of anilines is 1. The van der Waals surface area contributed by atoms with Gasteiger partial charge < -0.3 is 34.1 Å². The van der Waals surface area contributed by atoms with E-state index >= 15 is 0 Å². The van der Waals surface area contributed by atoms with Gasteiger partial charge in [0.15, 0.2) is 11.5 Å². The number of nitrogens with one attached hydrogen (secondary N) is 1. The summed E-state index contributed by atoms with van der Waals surface area (Å²) in [6.45, 7) is 4.32. The summed E-state index contributed by atoms with van der Waals surface area (Å²) in [4.78, 5) is 41.4. The Balaban J connectivity index is 1.35. The number of benzene rings is 3. The fourth-order valence-corrected chi connectivity index (χ4v) is 6.60. The minimum atomic E-state index is -1.06. The molecule has 2 aliphatic rings. The van der Waals surface area contributed by atoms with E-state index in [1.807, 2.05) is 30.3 Å². The van der Waals surface area contributed by atoms with E-state index in [0.29, 0.717) is 63.3 Å². The first-order valence-electron chi connectivity index (χ1n) is 15.5. The monoisotopic (exact) mass is 707 g/mol. The molecule has 49 heavy (non-hydrogen) atoms. The number of rotatable bonds is 14. The number of carboxylic acids is 1. The minimum Gasteiger partial charge on any atom is -0.493 e. The lowest BCUT2D eigenvalue weighted by atomic mass is 10.0. The second-order valence-corrected chi connectivity index (χ2v) is 12.7. The number of thioether (sulfide) groups is 1. The molecule has 3 aromatic carbocycles. The molecule has 0 spiro atoms. The number of methoxy groups -OCH3 is 3. The number of amides is 2. The van der Waals surface area contributed by atoms with Gasteiger partial charge >= 0.3 is 5.97 Å². The normalized spacial score (nSPS) is 15.7. The van der Waals surface area contributed by atoms with Crippen LogP contribution in [0.5, 0.6) is 23.0 Å². The maximum Gasteiger partial charge on any atom is 0.335 e. The average molecular weight is 708 g/mol. The van der Waals surface area contributed by atoms with E-state index in [2.05, 4.69) is 10.2 Å². The van der Waals surface area contributed by atoms with Gasteiger partial charge in [0.05, 0.1) is 45.0 Å². The highest BCUT2D eigenvalue weighted by Gasteiger charge is 2.32. The number of hydrogen-bond acceptors (Lipinski definition) is 11. The Morgan fingerprint density at radius 1 is 0.939 bits per heavy atom. The van der Waals surface area contributed by atoms with E-state index < -0.39 is 5.97 Å². The van der Waals surface area contributed by atoms with E-state index in [9.17, 15) is 14.4 Å². The van der Waals surface area contributed by atoms with Gasteiger partial charge in [-0.05, 0) is 65.7 Å². The summed E-state index contributed by atoms with van der Waals surface area (Å²) < 4.78 is 28.7. The molecule has 258 valence electrons. The molecular formula is C35H37N3O9S2. The number of carbonyl (C=O) groups is 3. The van der Waals surface area contributed by atoms with Crippen LogP contribution in [0, 0.1) is 0 Å². The van der Waals surface area contributed by atoms with Crippen molar-refractivity contribution in [2.75, 3.05) is 72.6 Å². The highest BCUT2D eigenvalue weighted by molar-refractivity contribution is 8.26. The zero-order valence-corrected chi connectivity index (χ0v) is 29.0. The van der Waals surface area contributed by atoms with Gasteiger partial charge in [0.1, 0.15) is 16.7 Å². The van der Waals surface area contributed by atoms with Crippen LogP contribution in [0.3, 0.4) is 0 Å². The van der Waals surface area contributed by atoms with Crippen LogP contribution in [0.15, 0.2) is 59.5 Å². The van der Waals surface area contributed by atoms with Gasteiger partial charge in [-0.15, -0.1) is 0 Å². The van der Waals surface area contributed by atoms with Crippen molar-refractivity contribution in [1.29, 1.82) is 0 Å². The summed E-state index contributed by atoms with van der Waals surface area (Å²) in [5.41, 5.74) is 2.88. The topological polar surface area (TPSA) is 136 Å². The summed E-state index contributed by atoms with van der Waals surface area (Å²) >= 11 is 6.70. The minimum absolute atomic E-state index is 0.00702. The molecule has 2 fully saturated rings. The Kier molecular flexibility index (Phi) is 12.1. The highest BCUT2D eigenvalue weighted by Crippen LogP contribution is 2.42. The number of aromatic carboxylic acids is 1. The van der Waals surface area contributed by atoms with Crippen molar-refractivity contribution in [2.45, 2.75) is 6.42 Å². The first-order chi connectivity index (χ1) is 23.7. The van der Waals surface area contributed by atoms with Gasteiger partial charge in [0.25, 0.3) is 5.91 Å². The van der Waals surface area contributed by atoms with Crippen LogP contribution in [0.25, 0.3) is 17.2 Å². The summed E-state index contributed by atoms with van der Waals surface area (Å²) in [6.07, 6.45) is 1.75. The Labute approximate surface area is 293 Å². The fraction of sp³-hybridized carbons (Fsp3) is 0.314. The van der Waals surface area contributed by atoms with Gasteiger partial charge in [-0.25, -0.2) is 4.79 Å². The summed E-state index contributed by atoms with van der Waals surface area (Å²) in [5.74, 6) is 0.382. The van der Waals surface area contributed by atoms with E-state index in [4.69, 9.17) is 41.0 Å².